The molecule has 34 heavy (non-hydrogen) atoms. The quantitative estimate of drug-likeness (QED) is 0.550. The van der Waals surface area contributed by atoms with E-state index in [-0.39, 0.29) is 5.91 Å². The van der Waals surface area contributed by atoms with Gasteiger partial charge in [0, 0.05) is 50.6 Å². The summed E-state index contributed by atoms with van der Waals surface area (Å²) in [6.45, 7) is 3.99. The van der Waals surface area contributed by atoms with Crippen LogP contribution in [0.1, 0.15) is 48.0 Å². The van der Waals surface area contributed by atoms with Crippen LogP contribution in [0.2, 0.25) is 0 Å². The molecule has 3 heterocycles. The second kappa shape index (κ2) is 10.2. The van der Waals surface area contributed by atoms with Crippen LogP contribution < -0.4 is 0 Å². The lowest BCUT2D eigenvalue weighted by atomic mass is 9.92. The molecule has 0 radical (unpaired) electrons. The maximum atomic E-state index is 13.4. The summed E-state index contributed by atoms with van der Waals surface area (Å²) in [6, 6.07) is 18.2. The number of amides is 2. The molecule has 2 aliphatic heterocycles. The van der Waals surface area contributed by atoms with E-state index in [1.807, 2.05) is 51.0 Å². The van der Waals surface area contributed by atoms with Gasteiger partial charge in [-0.2, -0.15) is 5.10 Å². The number of hydrogen-bond donors (Lipinski definition) is 0. The van der Waals surface area contributed by atoms with Crippen molar-refractivity contribution in [3.05, 3.63) is 78.1 Å². The molecule has 2 fully saturated rings. The maximum absolute atomic E-state index is 13.4. The van der Waals surface area contributed by atoms with Crippen molar-refractivity contribution in [1.29, 1.82) is 0 Å². The first-order chi connectivity index (χ1) is 16.7. The normalized spacial score (nSPS) is 16.7. The first-order valence-electron chi connectivity index (χ1n) is 12.4. The molecular weight excluding hydrogens is 424 g/mol. The van der Waals surface area contributed by atoms with Crippen LogP contribution >= 0.6 is 0 Å². The molecule has 5 rings (SSSR count). The van der Waals surface area contributed by atoms with Gasteiger partial charge in [0.25, 0.3) is 5.91 Å². The second-order valence-corrected chi connectivity index (χ2v) is 9.47. The Morgan fingerprint density at radius 1 is 0.853 bits per heavy atom. The van der Waals surface area contributed by atoms with Gasteiger partial charge < -0.3 is 9.80 Å². The minimum absolute atomic E-state index is 0.0838. The second-order valence-electron chi connectivity index (χ2n) is 9.47. The highest BCUT2D eigenvalue weighted by molar-refractivity contribution is 6.01. The van der Waals surface area contributed by atoms with Crippen LogP contribution in [0.4, 0.5) is 0 Å². The summed E-state index contributed by atoms with van der Waals surface area (Å²) in [5, 5.41) is 4.27. The number of carbonyl (C=O) groups excluding carboxylic acids is 2. The summed E-state index contributed by atoms with van der Waals surface area (Å²) >= 11 is 0. The van der Waals surface area contributed by atoms with Gasteiger partial charge in [0.05, 0.1) is 6.54 Å². The summed E-state index contributed by atoms with van der Waals surface area (Å²) in [4.78, 5) is 29.9. The zero-order valence-electron chi connectivity index (χ0n) is 19.6. The van der Waals surface area contributed by atoms with Gasteiger partial charge in [-0.3, -0.25) is 14.3 Å². The van der Waals surface area contributed by atoms with Crippen LogP contribution in [0.15, 0.2) is 67.0 Å². The van der Waals surface area contributed by atoms with Crippen LogP contribution in [0, 0.1) is 5.92 Å². The third-order valence-corrected chi connectivity index (χ3v) is 7.15. The Hall–Kier alpha value is -3.41. The number of aromatic nitrogens is 2. The number of nitrogens with zero attached hydrogens (tertiary/aromatic N) is 4. The zero-order valence-corrected chi connectivity index (χ0v) is 19.6. The van der Waals surface area contributed by atoms with Crippen molar-refractivity contribution in [1.82, 2.24) is 19.6 Å². The summed E-state index contributed by atoms with van der Waals surface area (Å²) < 4.78 is 1.90. The molecule has 0 aliphatic carbocycles. The lowest BCUT2D eigenvalue weighted by Crippen LogP contribution is -2.40. The molecule has 0 atom stereocenters. The van der Waals surface area contributed by atoms with Gasteiger partial charge in [-0.05, 0) is 60.4 Å². The average molecular weight is 457 g/mol. The first kappa shape index (κ1) is 22.4. The first-order valence-corrected chi connectivity index (χ1v) is 12.4. The number of rotatable bonds is 6. The van der Waals surface area contributed by atoms with Crippen molar-refractivity contribution in [3.63, 3.8) is 0 Å². The Morgan fingerprint density at radius 3 is 2.29 bits per heavy atom. The van der Waals surface area contributed by atoms with E-state index >= 15 is 0 Å². The van der Waals surface area contributed by atoms with E-state index in [0.717, 1.165) is 62.0 Å². The SMILES string of the molecule is O=C(CC1CCN(C(=O)c2ccccc2-c2ccc(Cn3cccn3)cc2)CC1)N1CCCC1. The molecule has 6 nitrogen and oxygen atoms in total. The molecule has 2 aromatic carbocycles. The number of hydrogen-bond acceptors (Lipinski definition) is 3. The third kappa shape index (κ3) is 5.06. The van der Waals surface area contributed by atoms with Crippen LogP contribution in [0.3, 0.4) is 0 Å². The molecule has 2 aliphatic rings. The standard InChI is InChI=1S/C28H32N4O2/c33-27(30-15-3-4-16-30)20-22-12-18-31(19-13-22)28(34)26-7-2-1-6-25(26)24-10-8-23(9-11-24)21-32-17-5-14-29-32/h1-2,5-11,14,17,22H,3-4,12-13,15-16,18-21H2. The van der Waals surface area contributed by atoms with Crippen LogP contribution in [0.5, 0.6) is 0 Å². The highest BCUT2D eigenvalue weighted by Crippen LogP contribution is 2.28. The Bertz CT molecular complexity index is 1110. The average Bonchev–Trinajstić information content (AvgIpc) is 3.60. The van der Waals surface area contributed by atoms with Gasteiger partial charge >= 0.3 is 0 Å². The molecule has 2 amide bonds. The fourth-order valence-electron chi connectivity index (χ4n) is 5.15. The molecule has 0 N–H and O–H groups in total. The van der Waals surface area contributed by atoms with Gasteiger partial charge in [-0.25, -0.2) is 0 Å². The highest BCUT2D eigenvalue weighted by Gasteiger charge is 2.28. The monoisotopic (exact) mass is 456 g/mol. The Labute approximate surface area is 201 Å². The largest absolute Gasteiger partial charge is 0.343 e. The van der Waals surface area contributed by atoms with Crippen molar-refractivity contribution in [2.24, 2.45) is 5.92 Å². The Kier molecular flexibility index (Phi) is 6.74. The lowest BCUT2D eigenvalue weighted by molar-refractivity contribution is -0.131. The molecular formula is C28H32N4O2. The Morgan fingerprint density at radius 2 is 1.59 bits per heavy atom. The van der Waals surface area contributed by atoms with E-state index in [1.54, 1.807) is 6.20 Å². The van der Waals surface area contributed by atoms with E-state index < -0.39 is 0 Å². The molecule has 0 spiro atoms. The number of benzene rings is 2. The number of carbonyl (C=O) groups is 2. The van der Waals surface area contributed by atoms with E-state index in [4.69, 9.17) is 0 Å². The topological polar surface area (TPSA) is 58.4 Å². The van der Waals surface area contributed by atoms with Crippen LogP contribution in [-0.2, 0) is 11.3 Å². The van der Waals surface area contributed by atoms with Crippen molar-refractivity contribution in [3.8, 4) is 11.1 Å². The molecule has 0 saturated carbocycles. The number of likely N-dealkylation sites (tertiary alicyclic amines) is 2. The third-order valence-electron chi connectivity index (χ3n) is 7.15. The fourth-order valence-corrected chi connectivity index (χ4v) is 5.15. The fraction of sp³-hybridized carbons (Fsp3) is 0.393. The van der Waals surface area contributed by atoms with Gasteiger partial charge in [0.2, 0.25) is 5.91 Å². The highest BCUT2D eigenvalue weighted by atomic mass is 16.2. The minimum Gasteiger partial charge on any atom is -0.343 e. The van der Waals surface area contributed by atoms with E-state index in [0.29, 0.717) is 31.3 Å². The zero-order chi connectivity index (χ0) is 23.3. The molecule has 2 saturated heterocycles. The van der Waals surface area contributed by atoms with Crippen molar-refractivity contribution < 1.29 is 9.59 Å². The van der Waals surface area contributed by atoms with E-state index in [9.17, 15) is 9.59 Å². The number of piperidine rings is 1. The molecule has 3 aromatic rings. The van der Waals surface area contributed by atoms with Gasteiger partial charge in [0.15, 0.2) is 0 Å². The molecule has 0 bridgehead atoms. The van der Waals surface area contributed by atoms with E-state index in [2.05, 4.69) is 29.4 Å². The lowest BCUT2D eigenvalue weighted by Gasteiger charge is -2.33. The Balaban J connectivity index is 1.22. The van der Waals surface area contributed by atoms with Crippen molar-refractivity contribution >= 4 is 11.8 Å². The minimum atomic E-state index is 0.0838. The summed E-state index contributed by atoms with van der Waals surface area (Å²) in [7, 11) is 0. The molecule has 176 valence electrons. The van der Waals surface area contributed by atoms with Gasteiger partial charge in [-0.1, -0.05) is 42.5 Å². The summed E-state index contributed by atoms with van der Waals surface area (Å²) in [6.07, 6.45) is 8.42. The predicted octanol–water partition coefficient (Wildman–Crippen LogP) is 4.46. The van der Waals surface area contributed by atoms with Crippen LogP contribution in [-0.4, -0.2) is 57.6 Å². The molecule has 1 aromatic heterocycles. The van der Waals surface area contributed by atoms with Crippen molar-refractivity contribution in [2.45, 2.75) is 38.6 Å². The summed E-state index contributed by atoms with van der Waals surface area (Å²) in [5.41, 5.74) is 3.92. The van der Waals surface area contributed by atoms with Crippen LogP contribution in [0.25, 0.3) is 11.1 Å². The van der Waals surface area contributed by atoms with Gasteiger partial charge in [0.1, 0.15) is 0 Å². The van der Waals surface area contributed by atoms with Gasteiger partial charge in [-0.15, -0.1) is 0 Å². The predicted molar refractivity (Wildman–Crippen MR) is 132 cm³/mol. The van der Waals surface area contributed by atoms with E-state index in [1.165, 1.54) is 5.56 Å². The smallest absolute Gasteiger partial charge is 0.254 e. The molecule has 6 heteroatoms. The molecule has 0 unspecified atom stereocenters. The van der Waals surface area contributed by atoms with Crippen molar-refractivity contribution in [2.75, 3.05) is 26.2 Å². The summed E-state index contributed by atoms with van der Waals surface area (Å²) in [5.74, 6) is 0.763. The maximum Gasteiger partial charge on any atom is 0.254 e.